The summed E-state index contributed by atoms with van der Waals surface area (Å²) in [6.07, 6.45) is 1.67. The van der Waals surface area contributed by atoms with Crippen LogP contribution in [0.25, 0.3) is 4.96 Å². The molecule has 2 heterocycles. The molecule has 0 spiro atoms. The highest BCUT2D eigenvalue weighted by Gasteiger charge is 2.37. The SMILES string of the molecule is CNc1nc2sccn2c1S(=O)(=O)N(C)C(C)(C)CO. The van der Waals surface area contributed by atoms with Gasteiger partial charge in [0.05, 0.1) is 12.1 Å². The van der Waals surface area contributed by atoms with E-state index < -0.39 is 15.6 Å². The minimum absolute atomic E-state index is 0.0836. The number of thiazole rings is 1. The molecule has 2 rings (SSSR count). The van der Waals surface area contributed by atoms with E-state index in [4.69, 9.17) is 0 Å². The molecule has 0 aliphatic heterocycles. The van der Waals surface area contributed by atoms with Crippen LogP contribution in [-0.4, -0.2) is 53.5 Å². The number of hydrogen-bond acceptors (Lipinski definition) is 6. The lowest BCUT2D eigenvalue weighted by molar-refractivity contribution is 0.137. The van der Waals surface area contributed by atoms with Gasteiger partial charge in [0.25, 0.3) is 10.0 Å². The van der Waals surface area contributed by atoms with Gasteiger partial charge in [-0.2, -0.15) is 4.31 Å². The number of likely N-dealkylation sites (N-methyl/N-ethyl adjacent to an activating group) is 1. The summed E-state index contributed by atoms with van der Waals surface area (Å²) in [6.45, 7) is 3.05. The summed E-state index contributed by atoms with van der Waals surface area (Å²) in [7, 11) is -0.704. The van der Waals surface area contributed by atoms with Crippen molar-refractivity contribution in [2.45, 2.75) is 24.4 Å². The van der Waals surface area contributed by atoms with Gasteiger partial charge in [0.1, 0.15) is 0 Å². The molecule has 0 aliphatic carbocycles. The van der Waals surface area contributed by atoms with Gasteiger partial charge in [0.15, 0.2) is 15.8 Å². The molecule has 7 nitrogen and oxygen atoms in total. The molecule has 9 heteroatoms. The summed E-state index contributed by atoms with van der Waals surface area (Å²) in [6, 6.07) is 0. The monoisotopic (exact) mass is 318 g/mol. The van der Waals surface area contributed by atoms with Gasteiger partial charge >= 0.3 is 0 Å². The number of imidazole rings is 1. The van der Waals surface area contributed by atoms with Crippen LogP contribution in [0.2, 0.25) is 0 Å². The topological polar surface area (TPSA) is 86.9 Å². The van der Waals surface area contributed by atoms with Gasteiger partial charge in [-0.1, -0.05) is 0 Å². The number of aliphatic hydroxyl groups excluding tert-OH is 1. The Hall–Kier alpha value is -1.16. The van der Waals surface area contributed by atoms with Crippen molar-refractivity contribution in [2.75, 3.05) is 26.0 Å². The summed E-state index contributed by atoms with van der Waals surface area (Å²) in [4.78, 5) is 4.85. The first-order valence-electron chi connectivity index (χ1n) is 5.99. The number of fused-ring (bicyclic) bond motifs is 1. The molecule has 0 fully saturated rings. The van der Waals surface area contributed by atoms with Crippen molar-refractivity contribution in [1.29, 1.82) is 0 Å². The van der Waals surface area contributed by atoms with Gasteiger partial charge in [-0.3, -0.25) is 4.40 Å². The Morgan fingerprint density at radius 2 is 2.20 bits per heavy atom. The largest absolute Gasteiger partial charge is 0.394 e. The van der Waals surface area contributed by atoms with E-state index in [2.05, 4.69) is 10.3 Å². The Bertz CT molecular complexity index is 717. The van der Waals surface area contributed by atoms with Gasteiger partial charge in [0, 0.05) is 25.7 Å². The predicted molar refractivity (Wildman–Crippen MR) is 78.7 cm³/mol. The van der Waals surface area contributed by atoms with E-state index >= 15 is 0 Å². The van der Waals surface area contributed by atoms with E-state index in [-0.39, 0.29) is 11.6 Å². The molecule has 0 saturated carbocycles. The van der Waals surface area contributed by atoms with E-state index in [1.165, 1.54) is 27.1 Å². The standard InChI is InChI=1S/C11H18N4O3S2/c1-11(2,7-16)14(4)20(17,18)9-8(12-3)13-10-15(9)5-6-19-10/h5-6,12,16H,7H2,1-4H3. The Balaban J connectivity index is 2.65. The zero-order valence-electron chi connectivity index (χ0n) is 11.8. The number of hydrogen-bond donors (Lipinski definition) is 2. The molecule has 2 N–H and O–H groups in total. The van der Waals surface area contributed by atoms with E-state index in [1.54, 1.807) is 32.5 Å². The first-order valence-corrected chi connectivity index (χ1v) is 8.31. The molecule has 0 aromatic carbocycles. The summed E-state index contributed by atoms with van der Waals surface area (Å²) >= 11 is 1.36. The van der Waals surface area contributed by atoms with Gasteiger partial charge in [-0.25, -0.2) is 13.4 Å². The summed E-state index contributed by atoms with van der Waals surface area (Å²) in [5.74, 6) is 0.303. The first-order chi connectivity index (χ1) is 9.25. The van der Waals surface area contributed by atoms with E-state index in [9.17, 15) is 13.5 Å². The van der Waals surface area contributed by atoms with Crippen molar-refractivity contribution < 1.29 is 13.5 Å². The fraction of sp³-hybridized carbons (Fsp3) is 0.545. The molecule has 0 aliphatic rings. The fourth-order valence-electron chi connectivity index (χ4n) is 1.73. The molecule has 0 bridgehead atoms. The molecule has 112 valence electrons. The van der Waals surface area contributed by atoms with Crippen molar-refractivity contribution in [3.63, 3.8) is 0 Å². The van der Waals surface area contributed by atoms with Crippen LogP contribution in [0.4, 0.5) is 5.82 Å². The number of nitrogens with one attached hydrogen (secondary N) is 1. The van der Waals surface area contributed by atoms with Crippen LogP contribution >= 0.6 is 11.3 Å². The molecule has 20 heavy (non-hydrogen) atoms. The Labute approximate surface area is 121 Å². The minimum Gasteiger partial charge on any atom is -0.394 e. The third-order valence-corrected chi connectivity index (χ3v) is 6.15. The van der Waals surface area contributed by atoms with Crippen LogP contribution in [0, 0.1) is 0 Å². The molecular weight excluding hydrogens is 300 g/mol. The zero-order valence-corrected chi connectivity index (χ0v) is 13.4. The first kappa shape index (κ1) is 15.2. The second kappa shape index (κ2) is 4.99. The van der Waals surface area contributed by atoms with Gasteiger partial charge < -0.3 is 10.4 Å². The average molecular weight is 318 g/mol. The van der Waals surface area contributed by atoms with Gasteiger partial charge in [0.2, 0.25) is 0 Å². The molecule has 0 radical (unpaired) electrons. The Morgan fingerprint density at radius 3 is 2.75 bits per heavy atom. The molecular formula is C11H18N4O3S2. The van der Waals surface area contributed by atoms with Crippen LogP contribution < -0.4 is 5.32 Å². The van der Waals surface area contributed by atoms with E-state index in [0.717, 1.165) is 0 Å². The normalized spacial score (nSPS) is 13.3. The van der Waals surface area contributed by atoms with Crippen molar-refractivity contribution in [1.82, 2.24) is 13.7 Å². The van der Waals surface area contributed by atoms with Crippen LogP contribution in [-0.2, 0) is 10.0 Å². The van der Waals surface area contributed by atoms with Crippen molar-refractivity contribution in [3.8, 4) is 0 Å². The van der Waals surface area contributed by atoms with Crippen LogP contribution in [0.1, 0.15) is 13.8 Å². The maximum Gasteiger partial charge on any atom is 0.263 e. The maximum atomic E-state index is 12.8. The van der Waals surface area contributed by atoms with Crippen LogP contribution in [0.3, 0.4) is 0 Å². The van der Waals surface area contributed by atoms with Crippen LogP contribution in [0.5, 0.6) is 0 Å². The minimum atomic E-state index is -3.79. The second-order valence-electron chi connectivity index (χ2n) is 5.01. The average Bonchev–Trinajstić information content (AvgIpc) is 2.96. The predicted octanol–water partition coefficient (Wildman–Crippen LogP) is 0.829. The molecule has 2 aromatic rings. The highest BCUT2D eigenvalue weighted by atomic mass is 32.2. The molecule has 0 unspecified atom stereocenters. The molecule has 0 saturated heterocycles. The van der Waals surface area contributed by atoms with E-state index in [1.807, 2.05) is 0 Å². The third kappa shape index (κ3) is 2.20. The number of sulfonamides is 1. The van der Waals surface area contributed by atoms with E-state index in [0.29, 0.717) is 10.8 Å². The number of aliphatic hydroxyl groups is 1. The van der Waals surface area contributed by atoms with Gasteiger partial charge in [-0.05, 0) is 13.8 Å². The summed E-state index contributed by atoms with van der Waals surface area (Å²) in [5.41, 5.74) is -0.899. The number of rotatable bonds is 5. The fourth-order valence-corrected chi connectivity index (χ4v) is 4.26. The lowest BCUT2D eigenvalue weighted by Crippen LogP contribution is -2.47. The zero-order chi connectivity index (χ0) is 15.1. The molecule has 0 amide bonds. The summed E-state index contributed by atoms with van der Waals surface area (Å²) in [5, 5.41) is 14.1. The smallest absolute Gasteiger partial charge is 0.263 e. The summed E-state index contributed by atoms with van der Waals surface area (Å²) < 4.78 is 28.3. The second-order valence-corrected chi connectivity index (χ2v) is 7.77. The van der Waals surface area contributed by atoms with Crippen molar-refractivity contribution in [2.24, 2.45) is 0 Å². The lowest BCUT2D eigenvalue weighted by atomic mass is 10.1. The van der Waals surface area contributed by atoms with Gasteiger partial charge in [-0.15, -0.1) is 11.3 Å². The highest BCUT2D eigenvalue weighted by molar-refractivity contribution is 7.89. The van der Waals surface area contributed by atoms with Crippen molar-refractivity contribution >= 4 is 32.1 Å². The quantitative estimate of drug-likeness (QED) is 0.852. The van der Waals surface area contributed by atoms with Crippen LogP contribution in [0.15, 0.2) is 16.6 Å². The molecule has 2 aromatic heterocycles. The van der Waals surface area contributed by atoms with Crippen molar-refractivity contribution in [3.05, 3.63) is 11.6 Å². The number of aromatic nitrogens is 2. The lowest BCUT2D eigenvalue weighted by Gasteiger charge is -2.32. The third-order valence-electron chi connectivity index (χ3n) is 3.30. The Kier molecular flexibility index (Phi) is 3.80. The Morgan fingerprint density at radius 1 is 1.55 bits per heavy atom. The number of nitrogens with zero attached hydrogens (tertiary/aromatic N) is 3. The maximum absolute atomic E-state index is 12.8. The molecule has 0 atom stereocenters. The highest BCUT2D eigenvalue weighted by Crippen LogP contribution is 2.30. The number of anilines is 1.